The topological polar surface area (TPSA) is 56.9 Å². The van der Waals surface area contributed by atoms with Gasteiger partial charge in [0.1, 0.15) is 5.76 Å². The molecule has 1 saturated heterocycles. The van der Waals surface area contributed by atoms with Gasteiger partial charge in [-0.3, -0.25) is 9.89 Å². The third-order valence-corrected chi connectivity index (χ3v) is 5.59. The van der Waals surface area contributed by atoms with Gasteiger partial charge in [-0.2, -0.15) is 13.2 Å². The molecule has 6 nitrogen and oxygen atoms in total. The van der Waals surface area contributed by atoms with E-state index >= 15 is 0 Å². The summed E-state index contributed by atoms with van der Waals surface area (Å²) in [4.78, 5) is 8.91. The number of nitrogens with one attached hydrogen (secondary N) is 1. The molecular formula is C22H31F3IN5O. The van der Waals surface area contributed by atoms with Gasteiger partial charge in [0.05, 0.1) is 11.3 Å². The van der Waals surface area contributed by atoms with Crippen molar-refractivity contribution < 1.29 is 17.7 Å². The van der Waals surface area contributed by atoms with Gasteiger partial charge in [-0.25, -0.2) is 0 Å². The molecule has 2 heterocycles. The Morgan fingerprint density at radius 1 is 1.22 bits per heavy atom. The van der Waals surface area contributed by atoms with Crippen molar-refractivity contribution in [2.45, 2.75) is 38.9 Å². The number of piperazine rings is 1. The van der Waals surface area contributed by atoms with Gasteiger partial charge in [0, 0.05) is 52.4 Å². The number of halogens is 4. The van der Waals surface area contributed by atoms with Crippen molar-refractivity contribution >= 4 is 29.9 Å². The molecule has 0 spiro atoms. The number of guanidine groups is 1. The summed E-state index contributed by atoms with van der Waals surface area (Å²) in [6.45, 7) is 8.73. The number of aromatic nitrogens is 1. The Bertz CT molecular complexity index is 878. The van der Waals surface area contributed by atoms with Gasteiger partial charge < -0.3 is 14.7 Å². The van der Waals surface area contributed by atoms with Gasteiger partial charge >= 0.3 is 6.18 Å². The summed E-state index contributed by atoms with van der Waals surface area (Å²) in [5.74, 6) is 1.65. The molecule has 178 valence electrons. The minimum atomic E-state index is -4.31. The highest BCUT2D eigenvalue weighted by Gasteiger charge is 2.30. The van der Waals surface area contributed by atoms with Crippen LogP contribution in [0.25, 0.3) is 0 Å². The Balaban J connectivity index is 0.00000363. The highest BCUT2D eigenvalue weighted by molar-refractivity contribution is 14.0. The zero-order valence-electron chi connectivity index (χ0n) is 18.7. The maximum Gasteiger partial charge on any atom is 0.416 e. The van der Waals surface area contributed by atoms with Crippen LogP contribution in [0, 0.1) is 6.92 Å². The Morgan fingerprint density at radius 2 is 1.94 bits per heavy atom. The van der Waals surface area contributed by atoms with Gasteiger partial charge in [0.2, 0.25) is 0 Å². The van der Waals surface area contributed by atoms with Gasteiger partial charge in [-0.1, -0.05) is 30.3 Å². The summed E-state index contributed by atoms with van der Waals surface area (Å²) in [5, 5.41) is 7.41. The summed E-state index contributed by atoms with van der Waals surface area (Å²) >= 11 is 0. The fourth-order valence-corrected chi connectivity index (χ4v) is 3.76. The van der Waals surface area contributed by atoms with Gasteiger partial charge in [0.25, 0.3) is 0 Å². The van der Waals surface area contributed by atoms with Gasteiger partial charge in [-0.15, -0.1) is 24.0 Å². The number of nitrogens with zero attached hydrogens (tertiary/aromatic N) is 4. The van der Waals surface area contributed by atoms with Crippen LogP contribution in [0.15, 0.2) is 39.8 Å². The second kappa shape index (κ2) is 11.9. The molecule has 0 aliphatic carbocycles. The first-order valence-corrected chi connectivity index (χ1v) is 10.5. The lowest BCUT2D eigenvalue weighted by Gasteiger charge is -2.36. The van der Waals surface area contributed by atoms with E-state index in [2.05, 4.69) is 25.3 Å². The molecule has 3 rings (SSSR count). The third-order valence-electron chi connectivity index (χ3n) is 5.59. The first-order chi connectivity index (χ1) is 14.8. The van der Waals surface area contributed by atoms with Gasteiger partial charge in [0.15, 0.2) is 5.96 Å². The van der Waals surface area contributed by atoms with Crippen molar-refractivity contribution in [1.82, 2.24) is 20.3 Å². The number of alkyl halides is 3. The van der Waals surface area contributed by atoms with Crippen LogP contribution < -0.4 is 5.32 Å². The van der Waals surface area contributed by atoms with E-state index in [1.807, 2.05) is 19.9 Å². The van der Waals surface area contributed by atoms with Crippen LogP contribution >= 0.6 is 24.0 Å². The molecule has 0 amide bonds. The summed E-state index contributed by atoms with van der Waals surface area (Å²) < 4.78 is 44.0. The number of rotatable bonds is 6. The first-order valence-electron chi connectivity index (χ1n) is 10.5. The Labute approximate surface area is 204 Å². The normalized spacial score (nSPS) is 16.6. The second-order valence-corrected chi connectivity index (χ2v) is 7.98. The quantitative estimate of drug-likeness (QED) is 0.318. The van der Waals surface area contributed by atoms with E-state index in [9.17, 15) is 13.2 Å². The van der Waals surface area contributed by atoms with Crippen molar-refractivity contribution in [3.63, 3.8) is 0 Å². The summed E-state index contributed by atoms with van der Waals surface area (Å²) in [6.07, 6.45) is -3.60. The maximum atomic E-state index is 12.9. The van der Waals surface area contributed by atoms with Crippen molar-refractivity contribution in [3.05, 3.63) is 52.9 Å². The van der Waals surface area contributed by atoms with Crippen LogP contribution in [0.2, 0.25) is 0 Å². The van der Waals surface area contributed by atoms with E-state index in [0.717, 1.165) is 56.2 Å². The molecule has 1 fully saturated rings. The fraction of sp³-hybridized carbons (Fsp3) is 0.545. The molecule has 1 unspecified atom stereocenters. The van der Waals surface area contributed by atoms with Crippen LogP contribution in [0.1, 0.15) is 41.8 Å². The lowest BCUT2D eigenvalue weighted by Crippen LogP contribution is -2.52. The highest BCUT2D eigenvalue weighted by atomic mass is 127. The average Bonchev–Trinajstić information content (AvgIpc) is 3.16. The zero-order valence-corrected chi connectivity index (χ0v) is 21.0. The number of aryl methyl sites for hydroxylation is 1. The second-order valence-electron chi connectivity index (χ2n) is 7.98. The number of benzene rings is 1. The van der Waals surface area contributed by atoms with E-state index < -0.39 is 11.7 Å². The molecule has 1 aliphatic rings. The molecule has 0 saturated carbocycles. The van der Waals surface area contributed by atoms with E-state index in [1.165, 1.54) is 12.1 Å². The maximum absolute atomic E-state index is 12.9. The monoisotopic (exact) mass is 565 g/mol. The number of aliphatic imine (C=N–C) groups is 1. The molecule has 1 N–H and O–H groups in total. The SMILES string of the molecule is CN=C(NCCC(C)c1cccc(C(F)(F)F)c1)N1CCN(Cc2cc(C)on2)CC1.I. The van der Waals surface area contributed by atoms with Crippen LogP contribution in [0.4, 0.5) is 13.2 Å². The van der Waals surface area contributed by atoms with Crippen LogP contribution in [0.3, 0.4) is 0 Å². The van der Waals surface area contributed by atoms with Crippen molar-refractivity contribution in [2.24, 2.45) is 4.99 Å². The summed E-state index contributed by atoms with van der Waals surface area (Å²) in [5.41, 5.74) is 1.04. The smallest absolute Gasteiger partial charge is 0.361 e. The molecule has 2 aromatic rings. The highest BCUT2D eigenvalue weighted by Crippen LogP contribution is 2.31. The largest absolute Gasteiger partial charge is 0.416 e. The molecule has 1 aromatic heterocycles. The van der Waals surface area contributed by atoms with Crippen LogP contribution in [0.5, 0.6) is 0 Å². The lowest BCUT2D eigenvalue weighted by atomic mass is 9.96. The zero-order chi connectivity index (χ0) is 22.4. The fourth-order valence-electron chi connectivity index (χ4n) is 3.76. The molecule has 0 bridgehead atoms. The Kier molecular flexibility index (Phi) is 9.81. The minimum absolute atomic E-state index is 0. The van der Waals surface area contributed by atoms with Crippen molar-refractivity contribution in [2.75, 3.05) is 39.8 Å². The molecule has 32 heavy (non-hydrogen) atoms. The standard InChI is InChI=1S/C22H30F3N5O.HI/c1-16(18-5-4-6-19(14-18)22(23,24)25)7-8-27-21(26-3)30-11-9-29(10-12-30)15-20-13-17(2)31-28-20;/h4-6,13-14,16H,7-12,15H2,1-3H3,(H,26,27);1H. The number of hydrogen-bond acceptors (Lipinski definition) is 4. The molecule has 0 radical (unpaired) electrons. The predicted octanol–water partition coefficient (Wildman–Crippen LogP) is 4.51. The van der Waals surface area contributed by atoms with Crippen LogP contribution in [-0.2, 0) is 12.7 Å². The molecular weight excluding hydrogens is 534 g/mol. The summed E-state index contributed by atoms with van der Waals surface area (Å²) in [7, 11) is 1.75. The molecule has 1 aliphatic heterocycles. The third kappa shape index (κ3) is 7.36. The Morgan fingerprint density at radius 3 is 2.53 bits per heavy atom. The van der Waals surface area contributed by atoms with Gasteiger partial charge in [-0.05, 0) is 30.9 Å². The molecule has 1 aromatic carbocycles. The Hall–Kier alpha value is -1.82. The summed E-state index contributed by atoms with van der Waals surface area (Å²) in [6, 6.07) is 7.54. The van der Waals surface area contributed by atoms with Crippen molar-refractivity contribution in [1.29, 1.82) is 0 Å². The van der Waals surface area contributed by atoms with Crippen molar-refractivity contribution in [3.8, 4) is 0 Å². The molecule has 1 atom stereocenters. The van der Waals surface area contributed by atoms with E-state index in [-0.39, 0.29) is 29.9 Å². The van der Waals surface area contributed by atoms with E-state index in [4.69, 9.17) is 4.52 Å². The first kappa shape index (κ1) is 26.4. The van der Waals surface area contributed by atoms with E-state index in [1.54, 1.807) is 13.1 Å². The average molecular weight is 565 g/mol. The lowest BCUT2D eigenvalue weighted by molar-refractivity contribution is -0.137. The molecule has 10 heteroatoms. The predicted molar refractivity (Wildman–Crippen MR) is 129 cm³/mol. The van der Waals surface area contributed by atoms with E-state index in [0.29, 0.717) is 18.5 Å². The van der Waals surface area contributed by atoms with Crippen LogP contribution in [-0.4, -0.2) is 60.7 Å². The number of hydrogen-bond donors (Lipinski definition) is 1. The minimum Gasteiger partial charge on any atom is -0.361 e.